The number of carbonyl (C=O) groups is 2. The Kier molecular flexibility index (Phi) is 8.22. The van der Waals surface area contributed by atoms with Crippen molar-refractivity contribution in [3.05, 3.63) is 35.1 Å². The first kappa shape index (κ1) is 29.6. The highest BCUT2D eigenvalue weighted by molar-refractivity contribution is 5.93. The van der Waals surface area contributed by atoms with Gasteiger partial charge in [-0.25, -0.2) is 14.0 Å². The van der Waals surface area contributed by atoms with E-state index < -0.39 is 17.8 Å². The summed E-state index contributed by atoms with van der Waals surface area (Å²) in [6.07, 6.45) is 1.99. The number of hydrogen-bond donors (Lipinski definition) is 2. The average molecular weight is 519 g/mol. The van der Waals surface area contributed by atoms with E-state index in [4.69, 9.17) is 9.47 Å². The van der Waals surface area contributed by atoms with Gasteiger partial charge in [-0.05, 0) is 71.6 Å². The number of piperidine rings is 2. The third kappa shape index (κ3) is 6.91. The highest BCUT2D eigenvalue weighted by Gasteiger charge is 2.45. The van der Waals surface area contributed by atoms with Gasteiger partial charge in [-0.15, -0.1) is 0 Å². The number of ether oxygens (including phenoxy) is 2. The minimum Gasteiger partial charge on any atom is -0.459 e. The SMILES string of the molecule is CC(C)C1(C)CC(OC(=O)c2ccc(C(=O)OC3CC(C)(C)NC(C)(C(C)C)C3)c(F)c2)CC(C)(C)N1. The van der Waals surface area contributed by atoms with E-state index >= 15 is 4.39 Å². The third-order valence-corrected chi connectivity index (χ3v) is 8.55. The summed E-state index contributed by atoms with van der Waals surface area (Å²) in [5.74, 6) is -1.39. The number of esters is 2. The molecule has 3 rings (SSSR count). The maximum Gasteiger partial charge on any atom is 0.341 e. The molecule has 0 saturated carbocycles. The summed E-state index contributed by atoms with van der Waals surface area (Å²) in [5, 5.41) is 7.36. The van der Waals surface area contributed by atoms with E-state index in [-0.39, 0.29) is 45.5 Å². The molecule has 0 radical (unpaired) electrons. The number of benzene rings is 1. The predicted molar refractivity (Wildman–Crippen MR) is 144 cm³/mol. The molecule has 2 fully saturated rings. The summed E-state index contributed by atoms with van der Waals surface area (Å²) in [6, 6.07) is 3.85. The van der Waals surface area contributed by atoms with Crippen LogP contribution in [0.1, 0.15) is 116 Å². The zero-order valence-electron chi connectivity index (χ0n) is 24.4. The smallest absolute Gasteiger partial charge is 0.341 e. The standard InChI is InChI=1S/C30H47FN2O4/c1-18(2)29(9)16-21(14-27(5,6)32-29)36-25(34)20-11-12-23(24(31)13-20)26(35)37-22-15-28(7,8)33-30(10,17-22)19(3)4/h11-13,18-19,21-22,32-33H,14-17H2,1-10H3. The van der Waals surface area contributed by atoms with Gasteiger partial charge in [0.25, 0.3) is 0 Å². The molecule has 0 aromatic heterocycles. The van der Waals surface area contributed by atoms with Crippen molar-refractivity contribution in [3.63, 3.8) is 0 Å². The first-order chi connectivity index (χ1) is 16.8. The van der Waals surface area contributed by atoms with Gasteiger partial charge in [0.1, 0.15) is 18.0 Å². The quantitative estimate of drug-likeness (QED) is 0.448. The Labute approximate surface area is 222 Å². The molecule has 0 bridgehead atoms. The Morgan fingerprint density at radius 3 is 1.62 bits per heavy atom. The summed E-state index contributed by atoms with van der Waals surface area (Å²) >= 11 is 0. The van der Waals surface area contributed by atoms with E-state index in [0.29, 0.717) is 37.5 Å². The molecule has 7 heteroatoms. The number of carbonyl (C=O) groups excluding carboxylic acids is 2. The van der Waals surface area contributed by atoms with Gasteiger partial charge in [0.2, 0.25) is 0 Å². The summed E-state index contributed by atoms with van der Waals surface area (Å²) in [6.45, 7) is 21.2. The minimum atomic E-state index is -0.781. The largest absolute Gasteiger partial charge is 0.459 e. The molecule has 2 aliphatic rings. The van der Waals surface area contributed by atoms with Crippen LogP contribution in [0.2, 0.25) is 0 Å². The van der Waals surface area contributed by atoms with Gasteiger partial charge in [0, 0.05) is 47.8 Å². The number of nitrogens with one attached hydrogen (secondary N) is 2. The lowest BCUT2D eigenvalue weighted by molar-refractivity contribution is -0.0201. The van der Waals surface area contributed by atoms with Crippen molar-refractivity contribution in [2.24, 2.45) is 11.8 Å². The second kappa shape index (κ2) is 10.3. The molecular formula is C30H47FN2O4. The van der Waals surface area contributed by atoms with Crippen molar-refractivity contribution in [2.45, 2.75) is 129 Å². The Balaban J connectivity index is 1.70. The molecule has 2 aliphatic heterocycles. The van der Waals surface area contributed by atoms with Crippen molar-refractivity contribution >= 4 is 11.9 Å². The van der Waals surface area contributed by atoms with E-state index in [1.165, 1.54) is 12.1 Å². The Hall–Kier alpha value is -1.99. The summed E-state index contributed by atoms with van der Waals surface area (Å²) in [7, 11) is 0. The molecule has 2 saturated heterocycles. The molecule has 0 aliphatic carbocycles. The molecule has 2 heterocycles. The molecule has 6 nitrogen and oxygen atoms in total. The van der Waals surface area contributed by atoms with E-state index in [0.717, 1.165) is 6.07 Å². The second-order valence-electron chi connectivity index (χ2n) is 13.7. The summed E-state index contributed by atoms with van der Waals surface area (Å²) in [4.78, 5) is 25.9. The fourth-order valence-electron chi connectivity index (χ4n) is 6.15. The van der Waals surface area contributed by atoms with Crippen LogP contribution in [-0.2, 0) is 9.47 Å². The van der Waals surface area contributed by atoms with E-state index in [9.17, 15) is 9.59 Å². The predicted octanol–water partition coefficient (Wildman–Crippen LogP) is 6.03. The van der Waals surface area contributed by atoms with Gasteiger partial charge in [0.05, 0.1) is 11.1 Å². The van der Waals surface area contributed by atoms with Gasteiger partial charge < -0.3 is 20.1 Å². The maximum atomic E-state index is 15.0. The Morgan fingerprint density at radius 2 is 1.22 bits per heavy atom. The highest BCUT2D eigenvalue weighted by atomic mass is 19.1. The molecule has 1 aromatic carbocycles. The average Bonchev–Trinajstić information content (AvgIpc) is 2.70. The molecule has 4 atom stereocenters. The molecule has 37 heavy (non-hydrogen) atoms. The number of hydrogen-bond acceptors (Lipinski definition) is 6. The second-order valence-corrected chi connectivity index (χ2v) is 13.7. The van der Waals surface area contributed by atoms with Crippen LogP contribution in [0, 0.1) is 17.7 Å². The lowest BCUT2D eigenvalue weighted by Crippen LogP contribution is -2.63. The van der Waals surface area contributed by atoms with Crippen LogP contribution in [0.4, 0.5) is 4.39 Å². The van der Waals surface area contributed by atoms with Crippen LogP contribution < -0.4 is 10.6 Å². The first-order valence-electron chi connectivity index (χ1n) is 13.6. The van der Waals surface area contributed by atoms with Gasteiger partial charge in [0.15, 0.2) is 0 Å². The van der Waals surface area contributed by atoms with Crippen LogP contribution >= 0.6 is 0 Å². The fourth-order valence-corrected chi connectivity index (χ4v) is 6.15. The summed E-state index contributed by atoms with van der Waals surface area (Å²) < 4.78 is 26.7. The normalized spacial score (nSPS) is 31.3. The fraction of sp³-hybridized carbons (Fsp3) is 0.733. The van der Waals surface area contributed by atoms with Crippen molar-refractivity contribution in [3.8, 4) is 0 Å². The van der Waals surface area contributed by atoms with Crippen LogP contribution in [-0.4, -0.2) is 46.3 Å². The minimum absolute atomic E-state index is 0.0898. The van der Waals surface area contributed by atoms with Gasteiger partial charge in [-0.1, -0.05) is 27.7 Å². The van der Waals surface area contributed by atoms with Crippen molar-refractivity contribution < 1.29 is 23.5 Å². The topological polar surface area (TPSA) is 76.7 Å². The first-order valence-corrected chi connectivity index (χ1v) is 13.6. The monoisotopic (exact) mass is 518 g/mol. The van der Waals surface area contributed by atoms with Crippen LogP contribution in [0.3, 0.4) is 0 Å². The lowest BCUT2D eigenvalue weighted by Gasteiger charge is -2.49. The van der Waals surface area contributed by atoms with Crippen LogP contribution in [0.15, 0.2) is 18.2 Å². The molecule has 0 amide bonds. The molecular weight excluding hydrogens is 471 g/mol. The van der Waals surface area contributed by atoms with E-state index in [1.807, 2.05) is 0 Å². The molecule has 208 valence electrons. The van der Waals surface area contributed by atoms with Gasteiger partial charge >= 0.3 is 11.9 Å². The Morgan fingerprint density at radius 1 is 0.784 bits per heavy atom. The number of halogens is 1. The van der Waals surface area contributed by atoms with E-state index in [2.05, 4.69) is 79.9 Å². The molecule has 2 N–H and O–H groups in total. The van der Waals surface area contributed by atoms with Gasteiger partial charge in [-0.3, -0.25) is 0 Å². The maximum absolute atomic E-state index is 15.0. The zero-order valence-corrected chi connectivity index (χ0v) is 24.4. The Bertz CT molecular complexity index is 1020. The van der Waals surface area contributed by atoms with E-state index in [1.54, 1.807) is 0 Å². The third-order valence-electron chi connectivity index (χ3n) is 8.55. The van der Waals surface area contributed by atoms with Crippen molar-refractivity contribution in [1.29, 1.82) is 0 Å². The summed E-state index contributed by atoms with van der Waals surface area (Å²) in [5.41, 5.74) is -0.880. The van der Waals surface area contributed by atoms with Crippen molar-refractivity contribution in [1.82, 2.24) is 10.6 Å². The number of rotatable bonds is 6. The zero-order chi connectivity index (χ0) is 28.0. The molecule has 4 unspecified atom stereocenters. The van der Waals surface area contributed by atoms with Crippen LogP contribution in [0.25, 0.3) is 0 Å². The van der Waals surface area contributed by atoms with Crippen molar-refractivity contribution in [2.75, 3.05) is 0 Å². The molecule has 1 aromatic rings. The van der Waals surface area contributed by atoms with Gasteiger partial charge in [-0.2, -0.15) is 0 Å². The van der Waals surface area contributed by atoms with Crippen LogP contribution in [0.5, 0.6) is 0 Å². The highest BCUT2D eigenvalue weighted by Crippen LogP contribution is 2.37. The lowest BCUT2D eigenvalue weighted by atomic mass is 9.74. The molecule has 0 spiro atoms.